The Hall–Kier alpha value is -2.37. The number of nitrogens with one attached hydrogen (secondary N) is 3. The third kappa shape index (κ3) is 7.25. The van der Waals surface area contributed by atoms with Crippen molar-refractivity contribution < 1.29 is 9.59 Å². The van der Waals surface area contributed by atoms with Crippen molar-refractivity contribution in [2.45, 2.75) is 18.9 Å². The van der Waals surface area contributed by atoms with Crippen LogP contribution in [-0.2, 0) is 11.2 Å². The second kappa shape index (κ2) is 12.1. The maximum Gasteiger partial charge on any atom is 0.251 e. The Morgan fingerprint density at radius 2 is 1.54 bits per heavy atom. The maximum atomic E-state index is 12.5. The average Bonchev–Trinajstić information content (AvgIpc) is 2.66. The largest absolute Gasteiger partial charge is 0.354 e. The number of amides is 2. The summed E-state index contributed by atoms with van der Waals surface area (Å²) in [6.07, 6.45) is 1.30. The standard InChI is InChI=1S/C20H25N3O2.ClH/c1-21-13-8-14-22-20(25)18(15-16-9-4-2-5-10-16)23-19(24)17-11-6-3-7-12-17;/h2-7,9-12,18,21H,8,13-15H2,1H3,(H,22,25)(H,23,24);1H. The van der Waals surface area contributed by atoms with Gasteiger partial charge in [0.15, 0.2) is 0 Å². The third-order valence-electron chi connectivity index (χ3n) is 3.84. The highest BCUT2D eigenvalue weighted by molar-refractivity contribution is 5.97. The molecule has 6 heteroatoms. The molecule has 0 bridgehead atoms. The van der Waals surface area contributed by atoms with Gasteiger partial charge in [0.1, 0.15) is 6.04 Å². The summed E-state index contributed by atoms with van der Waals surface area (Å²) in [6.45, 7) is 1.41. The summed E-state index contributed by atoms with van der Waals surface area (Å²) >= 11 is 0. The van der Waals surface area contributed by atoms with Crippen LogP contribution in [0.15, 0.2) is 60.7 Å². The Labute approximate surface area is 161 Å². The lowest BCUT2D eigenvalue weighted by Gasteiger charge is -2.19. The Morgan fingerprint density at radius 3 is 2.15 bits per heavy atom. The molecule has 1 unspecified atom stereocenters. The number of hydrogen-bond acceptors (Lipinski definition) is 3. The van der Waals surface area contributed by atoms with E-state index < -0.39 is 6.04 Å². The van der Waals surface area contributed by atoms with Crippen molar-refractivity contribution in [2.75, 3.05) is 20.1 Å². The van der Waals surface area contributed by atoms with Crippen LogP contribution in [0.1, 0.15) is 22.3 Å². The van der Waals surface area contributed by atoms with Crippen LogP contribution < -0.4 is 16.0 Å². The van der Waals surface area contributed by atoms with E-state index in [0.717, 1.165) is 18.5 Å². The smallest absolute Gasteiger partial charge is 0.251 e. The number of rotatable bonds is 9. The Morgan fingerprint density at radius 1 is 0.923 bits per heavy atom. The zero-order chi connectivity index (χ0) is 17.9. The van der Waals surface area contributed by atoms with Crippen LogP contribution >= 0.6 is 12.4 Å². The zero-order valence-corrected chi connectivity index (χ0v) is 15.7. The van der Waals surface area contributed by atoms with Gasteiger partial charge in [-0.2, -0.15) is 0 Å². The molecule has 0 aliphatic heterocycles. The molecule has 2 aromatic carbocycles. The van der Waals surface area contributed by atoms with Gasteiger partial charge in [0.2, 0.25) is 5.91 Å². The first-order valence-corrected chi connectivity index (χ1v) is 8.53. The third-order valence-corrected chi connectivity index (χ3v) is 3.84. The van der Waals surface area contributed by atoms with E-state index in [9.17, 15) is 9.59 Å². The molecule has 3 N–H and O–H groups in total. The lowest BCUT2D eigenvalue weighted by Crippen LogP contribution is -2.48. The number of halogens is 1. The molecular weight excluding hydrogens is 350 g/mol. The molecule has 2 aromatic rings. The number of carbonyl (C=O) groups excluding carboxylic acids is 2. The van der Waals surface area contributed by atoms with Crippen LogP contribution in [-0.4, -0.2) is 38.0 Å². The van der Waals surface area contributed by atoms with E-state index >= 15 is 0 Å². The van der Waals surface area contributed by atoms with Crippen LogP contribution in [0, 0.1) is 0 Å². The quantitative estimate of drug-likeness (QED) is 0.588. The van der Waals surface area contributed by atoms with Crippen molar-refractivity contribution in [3.05, 3.63) is 71.8 Å². The highest BCUT2D eigenvalue weighted by Crippen LogP contribution is 2.06. The summed E-state index contributed by atoms with van der Waals surface area (Å²) in [4.78, 5) is 25.0. The Bertz CT molecular complexity index is 665. The van der Waals surface area contributed by atoms with E-state index in [1.165, 1.54) is 0 Å². The minimum Gasteiger partial charge on any atom is -0.354 e. The van der Waals surface area contributed by atoms with Gasteiger partial charge in [-0.1, -0.05) is 48.5 Å². The number of benzene rings is 2. The molecule has 0 aliphatic rings. The number of carbonyl (C=O) groups is 2. The Kier molecular flexibility index (Phi) is 10.1. The molecule has 140 valence electrons. The lowest BCUT2D eigenvalue weighted by molar-refractivity contribution is -0.122. The molecule has 1 atom stereocenters. The van der Waals surface area contributed by atoms with Gasteiger partial charge in [0, 0.05) is 18.5 Å². The molecule has 0 saturated carbocycles. The van der Waals surface area contributed by atoms with Crippen molar-refractivity contribution in [1.82, 2.24) is 16.0 Å². The van der Waals surface area contributed by atoms with Crippen molar-refractivity contribution >= 4 is 24.2 Å². The van der Waals surface area contributed by atoms with Crippen LogP contribution in [0.3, 0.4) is 0 Å². The van der Waals surface area contributed by atoms with E-state index in [1.807, 2.05) is 43.4 Å². The van der Waals surface area contributed by atoms with Crippen LogP contribution in [0.25, 0.3) is 0 Å². The van der Waals surface area contributed by atoms with Gasteiger partial charge >= 0.3 is 0 Å². The zero-order valence-electron chi connectivity index (χ0n) is 14.9. The molecule has 2 rings (SSSR count). The predicted molar refractivity (Wildman–Crippen MR) is 107 cm³/mol. The lowest BCUT2D eigenvalue weighted by atomic mass is 10.0. The average molecular weight is 376 g/mol. The van der Waals surface area contributed by atoms with E-state index in [0.29, 0.717) is 18.5 Å². The molecular formula is C20H26ClN3O2. The maximum absolute atomic E-state index is 12.5. The first-order chi connectivity index (χ1) is 12.2. The monoisotopic (exact) mass is 375 g/mol. The van der Waals surface area contributed by atoms with E-state index in [-0.39, 0.29) is 24.2 Å². The first-order valence-electron chi connectivity index (χ1n) is 8.53. The molecule has 26 heavy (non-hydrogen) atoms. The van der Waals surface area contributed by atoms with E-state index in [2.05, 4.69) is 16.0 Å². The molecule has 0 fully saturated rings. The molecule has 0 radical (unpaired) electrons. The van der Waals surface area contributed by atoms with Crippen molar-refractivity contribution in [3.8, 4) is 0 Å². The molecule has 5 nitrogen and oxygen atoms in total. The Balaban J connectivity index is 0.00000338. The van der Waals surface area contributed by atoms with Crippen molar-refractivity contribution in [2.24, 2.45) is 0 Å². The van der Waals surface area contributed by atoms with Crippen molar-refractivity contribution in [3.63, 3.8) is 0 Å². The second-order valence-electron chi connectivity index (χ2n) is 5.83. The van der Waals surface area contributed by atoms with E-state index in [1.54, 1.807) is 24.3 Å². The highest BCUT2D eigenvalue weighted by atomic mass is 35.5. The van der Waals surface area contributed by atoms with Gasteiger partial charge in [-0.25, -0.2) is 0 Å². The van der Waals surface area contributed by atoms with Crippen LogP contribution in [0.2, 0.25) is 0 Å². The van der Waals surface area contributed by atoms with Crippen LogP contribution in [0.5, 0.6) is 0 Å². The minimum absolute atomic E-state index is 0. The summed E-state index contributed by atoms with van der Waals surface area (Å²) in [5, 5.41) is 8.80. The van der Waals surface area contributed by atoms with E-state index in [4.69, 9.17) is 0 Å². The van der Waals surface area contributed by atoms with Gasteiger partial charge in [0.25, 0.3) is 5.91 Å². The minimum atomic E-state index is -0.607. The molecule has 2 amide bonds. The van der Waals surface area contributed by atoms with Gasteiger partial charge in [-0.15, -0.1) is 12.4 Å². The molecule has 0 spiro atoms. The van der Waals surface area contributed by atoms with Gasteiger partial charge < -0.3 is 16.0 Å². The topological polar surface area (TPSA) is 70.2 Å². The molecule has 0 heterocycles. The highest BCUT2D eigenvalue weighted by Gasteiger charge is 2.21. The first kappa shape index (κ1) is 21.7. The molecule has 0 saturated heterocycles. The summed E-state index contributed by atoms with van der Waals surface area (Å²) in [6, 6.07) is 18.0. The van der Waals surface area contributed by atoms with Crippen LogP contribution in [0.4, 0.5) is 0 Å². The normalized spacial score (nSPS) is 11.1. The predicted octanol–water partition coefficient (Wildman–Crippen LogP) is 2.18. The van der Waals surface area contributed by atoms with Crippen molar-refractivity contribution in [1.29, 1.82) is 0 Å². The van der Waals surface area contributed by atoms with Gasteiger partial charge in [-0.3, -0.25) is 9.59 Å². The second-order valence-corrected chi connectivity index (χ2v) is 5.83. The molecule has 0 aliphatic carbocycles. The summed E-state index contributed by atoms with van der Waals surface area (Å²) in [7, 11) is 1.88. The summed E-state index contributed by atoms with van der Waals surface area (Å²) in [5.74, 6) is -0.406. The summed E-state index contributed by atoms with van der Waals surface area (Å²) < 4.78 is 0. The molecule has 0 aromatic heterocycles. The number of hydrogen-bond donors (Lipinski definition) is 3. The van der Waals surface area contributed by atoms with Gasteiger partial charge in [0.05, 0.1) is 0 Å². The van der Waals surface area contributed by atoms with Gasteiger partial charge in [-0.05, 0) is 37.7 Å². The fourth-order valence-electron chi connectivity index (χ4n) is 2.49. The fraction of sp³-hybridized carbons (Fsp3) is 0.300. The summed E-state index contributed by atoms with van der Waals surface area (Å²) in [5.41, 5.74) is 1.55. The fourth-order valence-corrected chi connectivity index (χ4v) is 2.49. The SMILES string of the molecule is CNCCCNC(=O)C(Cc1ccccc1)NC(=O)c1ccccc1.Cl.